The second kappa shape index (κ2) is 7.86. The van der Waals surface area contributed by atoms with Gasteiger partial charge in [-0.2, -0.15) is 5.06 Å². The Kier molecular flexibility index (Phi) is 5.59. The molecule has 2 aliphatic rings. The Labute approximate surface area is 135 Å². The maximum Gasteiger partial charge on any atom is 0.224 e. The van der Waals surface area contributed by atoms with Gasteiger partial charge in [-0.05, 0) is 24.1 Å². The van der Waals surface area contributed by atoms with Gasteiger partial charge >= 0.3 is 0 Å². The Morgan fingerprint density at radius 2 is 2.04 bits per heavy atom. The minimum atomic E-state index is -0.237. The Bertz CT molecular complexity index is 517. The minimum Gasteiger partial charge on any atom is -0.374 e. The van der Waals surface area contributed by atoms with Crippen LogP contribution in [0, 0.1) is 5.82 Å². The van der Waals surface area contributed by atoms with Crippen molar-refractivity contribution in [1.82, 2.24) is 9.96 Å². The van der Waals surface area contributed by atoms with Gasteiger partial charge in [-0.25, -0.2) is 4.39 Å². The number of hydrogen-bond acceptors (Lipinski definition) is 4. The minimum absolute atomic E-state index is 0.0267. The van der Waals surface area contributed by atoms with Crippen LogP contribution in [0.2, 0.25) is 0 Å². The third-order valence-electron chi connectivity index (χ3n) is 4.27. The van der Waals surface area contributed by atoms with Gasteiger partial charge in [0.2, 0.25) is 5.91 Å². The van der Waals surface area contributed by atoms with Crippen molar-refractivity contribution < 1.29 is 18.8 Å². The molecule has 0 saturated carbocycles. The SMILES string of the molecule is O=C(CCN1CCCO1)N1CCO[C@H](Cc2ccc(F)cc2)C1. The molecule has 1 amide bonds. The second-order valence-corrected chi connectivity index (χ2v) is 6.03. The fourth-order valence-electron chi connectivity index (χ4n) is 3.01. The monoisotopic (exact) mass is 322 g/mol. The predicted octanol–water partition coefficient (Wildman–Crippen LogP) is 1.62. The maximum absolute atomic E-state index is 12.9. The summed E-state index contributed by atoms with van der Waals surface area (Å²) in [7, 11) is 0. The zero-order valence-corrected chi connectivity index (χ0v) is 13.2. The predicted molar refractivity (Wildman–Crippen MR) is 83.2 cm³/mol. The molecule has 0 unspecified atom stereocenters. The summed E-state index contributed by atoms with van der Waals surface area (Å²) in [6.45, 7) is 4.10. The number of halogens is 1. The van der Waals surface area contributed by atoms with Gasteiger partial charge in [0.15, 0.2) is 0 Å². The number of amides is 1. The lowest BCUT2D eigenvalue weighted by Gasteiger charge is -2.33. The Balaban J connectivity index is 1.46. The van der Waals surface area contributed by atoms with Crippen LogP contribution in [0.5, 0.6) is 0 Å². The molecule has 2 heterocycles. The highest BCUT2D eigenvalue weighted by atomic mass is 19.1. The van der Waals surface area contributed by atoms with Gasteiger partial charge in [0.05, 0.1) is 19.3 Å². The van der Waals surface area contributed by atoms with Crippen molar-refractivity contribution in [2.75, 3.05) is 39.4 Å². The molecular weight excluding hydrogens is 299 g/mol. The molecule has 1 aromatic rings. The van der Waals surface area contributed by atoms with E-state index in [9.17, 15) is 9.18 Å². The topological polar surface area (TPSA) is 42.0 Å². The third kappa shape index (κ3) is 4.73. The fraction of sp³-hybridized carbons (Fsp3) is 0.588. The van der Waals surface area contributed by atoms with E-state index < -0.39 is 0 Å². The van der Waals surface area contributed by atoms with E-state index in [1.807, 2.05) is 9.96 Å². The summed E-state index contributed by atoms with van der Waals surface area (Å²) in [5, 5.41) is 1.87. The maximum atomic E-state index is 12.9. The molecule has 6 heteroatoms. The molecule has 3 rings (SSSR count). The summed E-state index contributed by atoms with van der Waals surface area (Å²) in [6, 6.07) is 6.45. The molecule has 0 aromatic heterocycles. The molecule has 0 N–H and O–H groups in total. The van der Waals surface area contributed by atoms with Crippen molar-refractivity contribution in [2.24, 2.45) is 0 Å². The molecule has 2 aliphatic heterocycles. The fourth-order valence-corrected chi connectivity index (χ4v) is 3.01. The molecule has 1 atom stereocenters. The first-order valence-corrected chi connectivity index (χ1v) is 8.22. The Morgan fingerprint density at radius 1 is 1.22 bits per heavy atom. The van der Waals surface area contributed by atoms with E-state index in [4.69, 9.17) is 9.57 Å². The summed E-state index contributed by atoms with van der Waals surface area (Å²) in [4.78, 5) is 19.6. The quantitative estimate of drug-likeness (QED) is 0.826. The molecule has 5 nitrogen and oxygen atoms in total. The number of nitrogens with zero attached hydrogens (tertiary/aromatic N) is 2. The van der Waals surface area contributed by atoms with Crippen LogP contribution in [0.25, 0.3) is 0 Å². The summed E-state index contributed by atoms with van der Waals surface area (Å²) >= 11 is 0. The first kappa shape index (κ1) is 16.4. The van der Waals surface area contributed by atoms with Gasteiger partial charge in [0.25, 0.3) is 0 Å². The summed E-state index contributed by atoms with van der Waals surface area (Å²) < 4.78 is 18.7. The molecule has 0 spiro atoms. The summed E-state index contributed by atoms with van der Waals surface area (Å²) in [5.41, 5.74) is 1.02. The lowest BCUT2D eigenvalue weighted by molar-refractivity contribution is -0.145. The van der Waals surface area contributed by atoms with Crippen LogP contribution in [0.3, 0.4) is 0 Å². The molecule has 1 aromatic carbocycles. The first-order valence-electron chi connectivity index (χ1n) is 8.22. The number of hydroxylamine groups is 2. The number of morpholine rings is 1. The highest BCUT2D eigenvalue weighted by Crippen LogP contribution is 2.14. The van der Waals surface area contributed by atoms with Gasteiger partial charge in [-0.3, -0.25) is 9.63 Å². The molecular formula is C17H23FN2O3. The molecule has 0 bridgehead atoms. The van der Waals surface area contributed by atoms with E-state index >= 15 is 0 Å². The Hall–Kier alpha value is -1.50. The van der Waals surface area contributed by atoms with Crippen LogP contribution in [0.1, 0.15) is 18.4 Å². The van der Waals surface area contributed by atoms with Crippen LogP contribution < -0.4 is 0 Å². The Morgan fingerprint density at radius 3 is 2.78 bits per heavy atom. The van der Waals surface area contributed by atoms with Crippen LogP contribution in [0.4, 0.5) is 4.39 Å². The van der Waals surface area contributed by atoms with E-state index in [1.165, 1.54) is 12.1 Å². The average molecular weight is 322 g/mol. The normalized spacial score (nSPS) is 22.5. The van der Waals surface area contributed by atoms with Crippen molar-refractivity contribution in [3.63, 3.8) is 0 Å². The zero-order valence-electron chi connectivity index (χ0n) is 13.2. The lowest BCUT2D eigenvalue weighted by Crippen LogP contribution is -2.47. The van der Waals surface area contributed by atoms with Gasteiger partial charge in [-0.1, -0.05) is 12.1 Å². The van der Waals surface area contributed by atoms with Crippen LogP contribution in [-0.4, -0.2) is 61.4 Å². The number of ether oxygens (including phenoxy) is 1. The summed E-state index contributed by atoms with van der Waals surface area (Å²) in [6.07, 6.45) is 2.18. The number of carbonyl (C=O) groups excluding carboxylic acids is 1. The van der Waals surface area contributed by atoms with Crippen LogP contribution in [0.15, 0.2) is 24.3 Å². The first-order chi connectivity index (χ1) is 11.2. The van der Waals surface area contributed by atoms with Crippen LogP contribution >= 0.6 is 0 Å². The highest BCUT2D eigenvalue weighted by molar-refractivity contribution is 5.76. The van der Waals surface area contributed by atoms with Gasteiger partial charge in [0.1, 0.15) is 5.82 Å². The van der Waals surface area contributed by atoms with Crippen molar-refractivity contribution in [1.29, 1.82) is 0 Å². The molecule has 2 saturated heterocycles. The van der Waals surface area contributed by atoms with Crippen molar-refractivity contribution in [3.8, 4) is 0 Å². The number of hydrogen-bond donors (Lipinski definition) is 0. The largest absolute Gasteiger partial charge is 0.374 e. The molecule has 0 aliphatic carbocycles. The van der Waals surface area contributed by atoms with Crippen molar-refractivity contribution in [3.05, 3.63) is 35.6 Å². The van der Waals surface area contributed by atoms with Crippen LogP contribution in [-0.2, 0) is 20.8 Å². The van der Waals surface area contributed by atoms with E-state index in [2.05, 4.69) is 0 Å². The van der Waals surface area contributed by atoms with Crippen molar-refractivity contribution in [2.45, 2.75) is 25.4 Å². The number of benzene rings is 1. The van der Waals surface area contributed by atoms with E-state index in [0.717, 1.165) is 25.1 Å². The number of rotatable bonds is 5. The zero-order chi connectivity index (χ0) is 16.1. The molecule has 2 fully saturated rings. The van der Waals surface area contributed by atoms with E-state index in [0.29, 0.717) is 39.1 Å². The van der Waals surface area contributed by atoms with Crippen molar-refractivity contribution >= 4 is 5.91 Å². The molecule has 126 valence electrons. The smallest absolute Gasteiger partial charge is 0.224 e. The second-order valence-electron chi connectivity index (χ2n) is 6.03. The summed E-state index contributed by atoms with van der Waals surface area (Å²) in [5.74, 6) is -0.0906. The molecule has 0 radical (unpaired) electrons. The molecule has 23 heavy (non-hydrogen) atoms. The van der Waals surface area contributed by atoms with Gasteiger partial charge in [-0.15, -0.1) is 0 Å². The third-order valence-corrected chi connectivity index (χ3v) is 4.27. The van der Waals surface area contributed by atoms with Gasteiger partial charge in [0, 0.05) is 39.0 Å². The lowest BCUT2D eigenvalue weighted by atomic mass is 10.1. The highest BCUT2D eigenvalue weighted by Gasteiger charge is 2.25. The van der Waals surface area contributed by atoms with E-state index in [-0.39, 0.29) is 17.8 Å². The standard InChI is InChI=1S/C17H23FN2O3/c18-15-4-2-14(3-5-15)12-16-13-19(9-11-22-16)17(21)6-8-20-7-1-10-23-20/h2-5,16H,1,6-13H2/t16-/m1/s1. The van der Waals surface area contributed by atoms with Gasteiger partial charge < -0.3 is 9.64 Å². The number of carbonyl (C=O) groups is 1. The van der Waals surface area contributed by atoms with E-state index in [1.54, 1.807) is 12.1 Å². The average Bonchev–Trinajstić information content (AvgIpc) is 3.08.